The molecule has 0 radical (unpaired) electrons. The fourth-order valence-electron chi connectivity index (χ4n) is 5.50. The Morgan fingerprint density at radius 1 is 1.11 bits per heavy atom. The van der Waals surface area contributed by atoms with Gasteiger partial charge in [0.05, 0.1) is 12.5 Å². The third-order valence-corrected chi connectivity index (χ3v) is 7.73. The Hall–Kier alpha value is -2.69. The van der Waals surface area contributed by atoms with Gasteiger partial charge >= 0.3 is 6.18 Å². The van der Waals surface area contributed by atoms with Gasteiger partial charge in [-0.2, -0.15) is 18.2 Å². The Bertz CT molecular complexity index is 1180. The Kier molecular flexibility index (Phi) is 7.69. The average Bonchev–Trinajstić information content (AvgIpc) is 3.27. The lowest BCUT2D eigenvalue weighted by Crippen LogP contribution is -2.44. The van der Waals surface area contributed by atoms with E-state index in [1.165, 1.54) is 5.56 Å². The summed E-state index contributed by atoms with van der Waals surface area (Å²) in [7, 11) is 0. The van der Waals surface area contributed by atoms with Gasteiger partial charge in [0.2, 0.25) is 5.95 Å². The second-order valence-electron chi connectivity index (χ2n) is 10.2. The summed E-state index contributed by atoms with van der Waals surface area (Å²) in [5.74, 6) is 0.193. The molecule has 7 nitrogen and oxygen atoms in total. The van der Waals surface area contributed by atoms with Gasteiger partial charge in [-0.1, -0.05) is 24.3 Å². The van der Waals surface area contributed by atoms with Crippen LogP contribution < -0.4 is 10.6 Å². The van der Waals surface area contributed by atoms with E-state index in [9.17, 15) is 18.3 Å². The van der Waals surface area contributed by atoms with E-state index in [0.29, 0.717) is 11.7 Å². The minimum Gasteiger partial charge on any atom is -0.393 e. The molecule has 37 heavy (non-hydrogen) atoms. The van der Waals surface area contributed by atoms with E-state index in [2.05, 4.69) is 67.5 Å². The average molecular weight is 517 g/mol. The quantitative estimate of drug-likeness (QED) is 0.415. The molecule has 0 unspecified atom stereocenters. The predicted octanol–water partition coefficient (Wildman–Crippen LogP) is 4.90. The maximum absolute atomic E-state index is 12.6. The first kappa shape index (κ1) is 25.9. The molecule has 1 aromatic carbocycles. The number of nitrogens with zero attached hydrogens (tertiary/aromatic N) is 4. The number of hydrogen-bond donors (Lipinski definition) is 3. The van der Waals surface area contributed by atoms with Crippen LogP contribution in [0.4, 0.5) is 19.1 Å². The molecule has 0 spiro atoms. The van der Waals surface area contributed by atoms with E-state index in [1.807, 2.05) is 0 Å². The molecule has 3 N–H and O–H groups in total. The van der Waals surface area contributed by atoms with Gasteiger partial charge in [0.1, 0.15) is 5.65 Å². The third kappa shape index (κ3) is 6.08. The Morgan fingerprint density at radius 2 is 1.81 bits per heavy atom. The molecule has 1 aliphatic heterocycles. The first-order valence-electron chi connectivity index (χ1n) is 13.2. The van der Waals surface area contributed by atoms with Gasteiger partial charge < -0.3 is 20.3 Å². The zero-order valence-corrected chi connectivity index (χ0v) is 21.1. The molecular formula is C27H35F3N6O. The number of aromatic nitrogens is 3. The van der Waals surface area contributed by atoms with Gasteiger partial charge in [-0.3, -0.25) is 4.90 Å². The summed E-state index contributed by atoms with van der Waals surface area (Å²) in [4.78, 5) is 11.5. The Morgan fingerprint density at radius 3 is 2.49 bits per heavy atom. The van der Waals surface area contributed by atoms with Crippen LogP contribution in [0.3, 0.4) is 0 Å². The first-order valence-corrected chi connectivity index (χ1v) is 13.2. The molecule has 0 amide bonds. The highest BCUT2D eigenvalue weighted by Gasteiger charge is 2.27. The van der Waals surface area contributed by atoms with Crippen molar-refractivity contribution in [1.82, 2.24) is 24.8 Å². The van der Waals surface area contributed by atoms with Gasteiger partial charge in [-0.25, -0.2) is 4.98 Å². The summed E-state index contributed by atoms with van der Waals surface area (Å²) in [5, 5.41) is 17.0. The third-order valence-electron chi connectivity index (χ3n) is 7.73. The fraction of sp³-hybridized carbons (Fsp3) is 0.556. The molecule has 3 aromatic rings. The number of alkyl halides is 3. The second-order valence-corrected chi connectivity index (χ2v) is 10.2. The molecule has 3 heterocycles. The number of piperazine rings is 1. The highest BCUT2D eigenvalue weighted by atomic mass is 19.4. The zero-order valence-electron chi connectivity index (χ0n) is 21.1. The number of rotatable bonds is 7. The van der Waals surface area contributed by atoms with E-state index in [1.54, 1.807) is 6.20 Å². The largest absolute Gasteiger partial charge is 0.393 e. The number of aliphatic hydroxyl groups excluding tert-OH is 1. The van der Waals surface area contributed by atoms with Crippen molar-refractivity contribution in [1.29, 1.82) is 0 Å². The van der Waals surface area contributed by atoms with Crippen molar-refractivity contribution in [3.8, 4) is 11.1 Å². The number of aliphatic hydroxyl groups is 1. The summed E-state index contributed by atoms with van der Waals surface area (Å²) in [6.45, 7) is 6.04. The smallest absolute Gasteiger partial charge is 0.390 e. The Balaban J connectivity index is 1.44. The van der Waals surface area contributed by atoms with Crippen molar-refractivity contribution in [2.24, 2.45) is 0 Å². The minimum atomic E-state index is -4.23. The van der Waals surface area contributed by atoms with E-state index >= 15 is 0 Å². The molecule has 0 bridgehead atoms. The van der Waals surface area contributed by atoms with Crippen molar-refractivity contribution < 1.29 is 18.3 Å². The fourth-order valence-corrected chi connectivity index (χ4v) is 5.50. The van der Waals surface area contributed by atoms with E-state index in [-0.39, 0.29) is 24.6 Å². The van der Waals surface area contributed by atoms with Crippen molar-refractivity contribution in [3.63, 3.8) is 0 Å². The molecule has 1 aliphatic carbocycles. The highest BCUT2D eigenvalue weighted by Crippen LogP contribution is 2.37. The van der Waals surface area contributed by atoms with Gasteiger partial charge in [-0.15, -0.1) is 0 Å². The monoisotopic (exact) mass is 516 g/mol. The predicted molar refractivity (Wildman–Crippen MR) is 138 cm³/mol. The van der Waals surface area contributed by atoms with Crippen LogP contribution in [0.25, 0.3) is 22.2 Å². The first-order chi connectivity index (χ1) is 17.8. The summed E-state index contributed by atoms with van der Waals surface area (Å²) >= 11 is 0. The minimum absolute atomic E-state index is 0.171. The number of fused-ring (bicyclic) bond motifs is 1. The van der Waals surface area contributed by atoms with E-state index in [4.69, 9.17) is 0 Å². The topological polar surface area (TPSA) is 78.2 Å². The second kappa shape index (κ2) is 11.0. The number of anilines is 1. The summed E-state index contributed by atoms with van der Waals surface area (Å²) < 4.78 is 40.0. The normalized spacial score (nSPS) is 22.3. The molecular weight excluding hydrogens is 481 g/mol. The number of benzene rings is 1. The molecule has 2 fully saturated rings. The van der Waals surface area contributed by atoms with Gasteiger partial charge in [-0.05, 0) is 43.7 Å². The lowest BCUT2D eigenvalue weighted by atomic mass is 9.93. The van der Waals surface area contributed by atoms with Gasteiger partial charge in [0, 0.05) is 68.2 Å². The van der Waals surface area contributed by atoms with Crippen LogP contribution in [-0.4, -0.2) is 69.5 Å². The van der Waals surface area contributed by atoms with Crippen LogP contribution >= 0.6 is 0 Å². The zero-order chi connectivity index (χ0) is 26.0. The highest BCUT2D eigenvalue weighted by molar-refractivity contribution is 5.94. The van der Waals surface area contributed by atoms with Crippen LogP contribution in [0, 0.1) is 0 Å². The van der Waals surface area contributed by atoms with Gasteiger partial charge in [0.25, 0.3) is 0 Å². The summed E-state index contributed by atoms with van der Waals surface area (Å²) in [6.07, 6.45) is 1.44. The van der Waals surface area contributed by atoms with Crippen molar-refractivity contribution >= 4 is 17.0 Å². The molecule has 2 aromatic heterocycles. The molecule has 200 valence electrons. The molecule has 1 saturated heterocycles. The SMILES string of the molecule is C[C@@H](c1ccc(-c2cn(C3CCC(O)CC3)c3nc(NCCC(F)(F)F)ncc23)cc1)N1CCNCC1. The lowest BCUT2D eigenvalue weighted by Gasteiger charge is -2.33. The molecule has 1 saturated carbocycles. The molecule has 1 atom stereocenters. The maximum atomic E-state index is 12.6. The standard InChI is InChI=1S/C27H35F3N6O/c1-18(35-14-12-31-13-15-35)19-2-4-20(5-3-19)24-17-36(21-6-8-22(37)9-7-21)25-23(24)16-33-26(34-25)32-11-10-27(28,29)30/h2-5,16-18,21-22,31,37H,6-15H2,1H3,(H,32,33,34)/t18-,21?,22?/m0/s1. The van der Waals surface area contributed by atoms with Crippen LogP contribution in [0.5, 0.6) is 0 Å². The van der Waals surface area contributed by atoms with Gasteiger partial charge in [0.15, 0.2) is 0 Å². The van der Waals surface area contributed by atoms with E-state index in [0.717, 1.165) is 68.4 Å². The number of halogens is 3. The number of hydrogen-bond acceptors (Lipinski definition) is 6. The van der Waals surface area contributed by atoms with Crippen molar-refractivity contribution in [2.75, 3.05) is 38.0 Å². The molecule has 2 aliphatic rings. The van der Waals surface area contributed by atoms with Crippen LogP contribution in [0.2, 0.25) is 0 Å². The lowest BCUT2D eigenvalue weighted by molar-refractivity contribution is -0.131. The van der Waals surface area contributed by atoms with Crippen molar-refractivity contribution in [3.05, 3.63) is 42.2 Å². The maximum Gasteiger partial charge on any atom is 0.390 e. The van der Waals surface area contributed by atoms with Crippen LogP contribution in [-0.2, 0) is 0 Å². The number of nitrogens with one attached hydrogen (secondary N) is 2. The van der Waals surface area contributed by atoms with Crippen LogP contribution in [0.15, 0.2) is 36.7 Å². The molecule has 5 rings (SSSR count). The van der Waals surface area contributed by atoms with Crippen LogP contribution in [0.1, 0.15) is 56.7 Å². The Labute approximate surface area is 215 Å². The molecule has 10 heteroatoms. The van der Waals surface area contributed by atoms with E-state index < -0.39 is 12.6 Å². The van der Waals surface area contributed by atoms with Crippen molar-refractivity contribution in [2.45, 2.75) is 63.4 Å². The summed E-state index contributed by atoms with van der Waals surface area (Å²) in [5.41, 5.74) is 4.03. The summed E-state index contributed by atoms with van der Waals surface area (Å²) in [6, 6.07) is 9.12.